The number of carbonyl (C=O) groups excluding carboxylic acids is 1. The van der Waals surface area contributed by atoms with Crippen molar-refractivity contribution in [2.24, 2.45) is 23.7 Å². The van der Waals surface area contributed by atoms with Crippen molar-refractivity contribution in [2.75, 3.05) is 66.6 Å². The molecule has 6 rings (SSSR count). The second-order valence-electron chi connectivity index (χ2n) is 13.4. The summed E-state index contributed by atoms with van der Waals surface area (Å²) in [5, 5.41) is 4.79. The van der Waals surface area contributed by atoms with Gasteiger partial charge in [0, 0.05) is 52.4 Å². The van der Waals surface area contributed by atoms with E-state index >= 15 is 0 Å². The van der Waals surface area contributed by atoms with Gasteiger partial charge in [0.2, 0.25) is 0 Å². The maximum atomic E-state index is 12.2. The summed E-state index contributed by atoms with van der Waals surface area (Å²) >= 11 is 12.1. The van der Waals surface area contributed by atoms with Crippen LogP contribution < -0.4 is 14.8 Å². The molecule has 4 fully saturated rings. The molecule has 4 unspecified atom stereocenters. The summed E-state index contributed by atoms with van der Waals surface area (Å²) in [5.74, 6) is 4.24. The molecule has 1 amide bonds. The Kier molecular flexibility index (Phi) is 10.3. The molecular formula is C33H46Cl2N4O4. The summed E-state index contributed by atoms with van der Waals surface area (Å²) in [5.41, 5.74) is 2.04. The van der Waals surface area contributed by atoms with Crippen molar-refractivity contribution in [3.05, 3.63) is 57.6 Å². The van der Waals surface area contributed by atoms with Gasteiger partial charge in [-0.2, -0.15) is 0 Å². The summed E-state index contributed by atoms with van der Waals surface area (Å²) in [6.45, 7) is 16.0. The van der Waals surface area contributed by atoms with Gasteiger partial charge in [0.25, 0.3) is 0 Å². The topological polar surface area (TPSA) is 66.5 Å². The second-order valence-corrected chi connectivity index (χ2v) is 14.2. The first kappa shape index (κ1) is 32.2. The van der Waals surface area contributed by atoms with Crippen molar-refractivity contribution in [2.45, 2.75) is 39.5 Å². The van der Waals surface area contributed by atoms with Gasteiger partial charge in [0.05, 0.1) is 24.3 Å². The van der Waals surface area contributed by atoms with Gasteiger partial charge in [-0.05, 0) is 92.9 Å². The van der Waals surface area contributed by atoms with E-state index in [9.17, 15) is 4.79 Å². The average Bonchev–Trinajstić information content (AvgIpc) is 3.71. The molecule has 0 spiro atoms. The van der Waals surface area contributed by atoms with E-state index in [0.717, 1.165) is 62.6 Å². The highest BCUT2D eigenvalue weighted by Crippen LogP contribution is 2.34. The molecule has 4 atom stereocenters. The number of methoxy groups -OCH3 is 2. The molecule has 4 aliphatic rings. The zero-order chi connectivity index (χ0) is 30.7. The third kappa shape index (κ3) is 8.28. The zero-order valence-corrected chi connectivity index (χ0v) is 27.6. The van der Waals surface area contributed by atoms with Gasteiger partial charge in [0.15, 0.2) is 0 Å². The third-order valence-electron chi connectivity index (χ3n) is 8.92. The van der Waals surface area contributed by atoms with E-state index in [4.69, 9.17) is 37.4 Å². The van der Waals surface area contributed by atoms with Gasteiger partial charge in [0.1, 0.15) is 17.1 Å². The molecule has 4 heterocycles. The molecule has 236 valence electrons. The number of hydrogen-bond acceptors (Lipinski definition) is 7. The predicted octanol–water partition coefficient (Wildman–Crippen LogP) is 5.65. The molecule has 2 aromatic rings. The van der Waals surface area contributed by atoms with Crippen molar-refractivity contribution < 1.29 is 19.0 Å². The summed E-state index contributed by atoms with van der Waals surface area (Å²) in [4.78, 5) is 19.1. The normalized spacial score (nSPS) is 25.2. The first-order chi connectivity index (χ1) is 20.5. The van der Waals surface area contributed by atoms with E-state index in [-0.39, 0.29) is 6.09 Å². The fourth-order valence-electron chi connectivity index (χ4n) is 6.90. The number of rotatable bonds is 6. The van der Waals surface area contributed by atoms with E-state index in [1.54, 1.807) is 14.2 Å². The molecule has 0 radical (unpaired) electrons. The SMILES string of the molecule is COc1cc(CN2CC3CN(C(=O)OC(C)(C)C)CC3C2)ccc1Cl.COc1cc(CN2CC3CNCC3C2)ccc1Cl. The van der Waals surface area contributed by atoms with Crippen LogP contribution in [-0.2, 0) is 17.8 Å². The van der Waals surface area contributed by atoms with Gasteiger partial charge in [-0.15, -0.1) is 0 Å². The molecule has 8 nitrogen and oxygen atoms in total. The maximum absolute atomic E-state index is 12.2. The highest BCUT2D eigenvalue weighted by Gasteiger charge is 2.42. The number of ether oxygens (including phenoxy) is 3. The number of fused-ring (bicyclic) bond motifs is 2. The van der Waals surface area contributed by atoms with Gasteiger partial charge >= 0.3 is 6.09 Å². The molecule has 43 heavy (non-hydrogen) atoms. The molecule has 2 aromatic carbocycles. The van der Waals surface area contributed by atoms with Gasteiger partial charge in [-0.1, -0.05) is 35.3 Å². The average molecular weight is 634 g/mol. The van der Waals surface area contributed by atoms with Crippen LogP contribution in [0.4, 0.5) is 4.79 Å². The Bertz CT molecular complexity index is 1250. The Labute approximate surface area is 266 Å². The smallest absolute Gasteiger partial charge is 0.410 e. The van der Waals surface area contributed by atoms with Crippen LogP contribution in [-0.4, -0.2) is 93.0 Å². The highest BCUT2D eigenvalue weighted by molar-refractivity contribution is 6.32. The van der Waals surface area contributed by atoms with E-state index < -0.39 is 5.60 Å². The fourth-order valence-corrected chi connectivity index (χ4v) is 7.29. The van der Waals surface area contributed by atoms with Crippen molar-refractivity contribution in [1.82, 2.24) is 20.0 Å². The lowest BCUT2D eigenvalue weighted by Gasteiger charge is -2.26. The molecular weight excluding hydrogens is 587 g/mol. The number of halogens is 2. The fraction of sp³-hybridized carbons (Fsp3) is 0.606. The molecule has 1 N–H and O–H groups in total. The molecule has 4 aliphatic heterocycles. The molecule has 0 bridgehead atoms. The van der Waals surface area contributed by atoms with E-state index in [1.165, 1.54) is 37.3 Å². The van der Waals surface area contributed by atoms with Crippen LogP contribution >= 0.6 is 23.2 Å². The van der Waals surface area contributed by atoms with Crippen LogP contribution in [0, 0.1) is 23.7 Å². The monoisotopic (exact) mass is 632 g/mol. The van der Waals surface area contributed by atoms with Crippen molar-refractivity contribution in [3.8, 4) is 11.5 Å². The lowest BCUT2D eigenvalue weighted by molar-refractivity contribution is 0.0274. The lowest BCUT2D eigenvalue weighted by atomic mass is 10.0. The minimum atomic E-state index is -0.436. The maximum Gasteiger partial charge on any atom is 0.410 e. The van der Waals surface area contributed by atoms with Crippen LogP contribution in [0.3, 0.4) is 0 Å². The van der Waals surface area contributed by atoms with Crippen LogP contribution in [0.25, 0.3) is 0 Å². The number of nitrogens with zero attached hydrogens (tertiary/aromatic N) is 3. The Morgan fingerprint density at radius 1 is 0.767 bits per heavy atom. The summed E-state index contributed by atoms with van der Waals surface area (Å²) in [7, 11) is 3.30. The summed E-state index contributed by atoms with van der Waals surface area (Å²) in [6, 6.07) is 12.0. The largest absolute Gasteiger partial charge is 0.495 e. The van der Waals surface area contributed by atoms with Gasteiger partial charge < -0.3 is 24.4 Å². The van der Waals surface area contributed by atoms with E-state index in [0.29, 0.717) is 21.9 Å². The van der Waals surface area contributed by atoms with Crippen molar-refractivity contribution >= 4 is 29.3 Å². The standard InChI is InChI=1S/C19H27ClN2O3.C14H19ClN2O/c1-19(2,3)25-18(23)22-11-14-9-21(10-15(14)12-22)8-13-5-6-16(20)17(7-13)24-4;1-18-14-4-10(2-3-13(14)15)7-17-8-11-5-16-6-12(11)9-17/h5-7,14-15H,8-12H2,1-4H3;2-4,11-12,16H,5-9H2,1H3. The van der Waals surface area contributed by atoms with Crippen molar-refractivity contribution in [1.29, 1.82) is 0 Å². The Balaban J connectivity index is 0.000000180. The van der Waals surface area contributed by atoms with E-state index in [1.807, 2.05) is 49.9 Å². The van der Waals surface area contributed by atoms with Gasteiger partial charge in [-0.3, -0.25) is 9.80 Å². The quantitative estimate of drug-likeness (QED) is 0.442. The van der Waals surface area contributed by atoms with Crippen LogP contribution in [0.2, 0.25) is 10.0 Å². The van der Waals surface area contributed by atoms with Gasteiger partial charge in [-0.25, -0.2) is 4.79 Å². The summed E-state index contributed by atoms with van der Waals surface area (Å²) < 4.78 is 16.1. The summed E-state index contributed by atoms with van der Waals surface area (Å²) in [6.07, 6.45) is -0.184. The Hall–Kier alpha value is -2.23. The van der Waals surface area contributed by atoms with Crippen LogP contribution in [0.1, 0.15) is 31.9 Å². The minimum Gasteiger partial charge on any atom is -0.495 e. The van der Waals surface area contributed by atoms with E-state index in [2.05, 4.69) is 27.2 Å². The number of benzene rings is 2. The molecule has 4 saturated heterocycles. The molecule has 0 aliphatic carbocycles. The van der Waals surface area contributed by atoms with Crippen LogP contribution in [0.15, 0.2) is 36.4 Å². The number of likely N-dealkylation sites (tertiary alicyclic amines) is 3. The second kappa shape index (κ2) is 13.8. The number of amides is 1. The molecule has 0 aromatic heterocycles. The number of nitrogens with one attached hydrogen (secondary N) is 1. The minimum absolute atomic E-state index is 0.184. The number of hydrogen-bond donors (Lipinski definition) is 1. The molecule has 10 heteroatoms. The van der Waals surface area contributed by atoms with Crippen LogP contribution in [0.5, 0.6) is 11.5 Å². The highest BCUT2D eigenvalue weighted by atomic mass is 35.5. The zero-order valence-electron chi connectivity index (χ0n) is 26.1. The van der Waals surface area contributed by atoms with Crippen molar-refractivity contribution in [3.63, 3.8) is 0 Å². The third-order valence-corrected chi connectivity index (χ3v) is 9.55. The molecule has 0 saturated carbocycles. The number of carbonyl (C=O) groups is 1. The lowest BCUT2D eigenvalue weighted by Crippen LogP contribution is -2.37. The Morgan fingerprint density at radius 3 is 1.63 bits per heavy atom. The first-order valence-electron chi connectivity index (χ1n) is 15.3. The Morgan fingerprint density at radius 2 is 1.21 bits per heavy atom. The first-order valence-corrected chi connectivity index (χ1v) is 16.0. The predicted molar refractivity (Wildman–Crippen MR) is 171 cm³/mol.